The second kappa shape index (κ2) is 8.65. The summed E-state index contributed by atoms with van der Waals surface area (Å²) in [4.78, 5) is 27.5. The molecule has 1 aliphatic carbocycles. The molecule has 5 rings (SSSR count). The molecule has 3 aliphatic rings. The van der Waals surface area contributed by atoms with Crippen molar-refractivity contribution in [2.24, 2.45) is 11.8 Å². The molecule has 7 nitrogen and oxygen atoms in total. The third kappa shape index (κ3) is 4.22. The van der Waals surface area contributed by atoms with Crippen LogP contribution in [0.15, 0.2) is 47.4 Å². The maximum Gasteiger partial charge on any atom is 0.336 e. The summed E-state index contributed by atoms with van der Waals surface area (Å²) in [6.45, 7) is 1.47. The molecule has 2 atom stereocenters. The van der Waals surface area contributed by atoms with Gasteiger partial charge in [-0.2, -0.15) is 0 Å². The normalized spacial score (nSPS) is 24.0. The number of carbonyl (C=O) groups is 2. The molecule has 2 fully saturated rings. The molecule has 2 aromatic carbocycles. The molecule has 2 unspecified atom stereocenters. The minimum Gasteiger partial charge on any atom is -0.338 e. The predicted molar refractivity (Wildman–Crippen MR) is 126 cm³/mol. The number of likely N-dealkylation sites (tertiary alicyclic amines) is 1. The van der Waals surface area contributed by atoms with E-state index in [4.69, 9.17) is 11.6 Å². The van der Waals surface area contributed by atoms with E-state index in [1.165, 1.54) is 43.9 Å². The van der Waals surface area contributed by atoms with Gasteiger partial charge in [-0.1, -0.05) is 43.0 Å². The number of anilines is 1. The Balaban J connectivity index is 1.30. The van der Waals surface area contributed by atoms with Crippen LogP contribution in [0.3, 0.4) is 0 Å². The minimum atomic E-state index is -4.05. The molecular weight excluding hydrogens is 462 g/mol. The van der Waals surface area contributed by atoms with Crippen molar-refractivity contribution >= 4 is 39.2 Å². The molecule has 0 aromatic heterocycles. The third-order valence-corrected chi connectivity index (χ3v) is 9.09. The number of hydrogen-bond donors (Lipinski definition) is 1. The second-order valence-electron chi connectivity index (χ2n) is 9.12. The van der Waals surface area contributed by atoms with Crippen LogP contribution in [0.25, 0.3) is 0 Å². The number of piperidine rings is 1. The molecule has 174 valence electrons. The zero-order valence-electron chi connectivity index (χ0n) is 18.2. The number of halogens is 1. The topological polar surface area (TPSA) is 86.8 Å². The molecule has 33 heavy (non-hydrogen) atoms. The first-order valence-corrected chi connectivity index (χ1v) is 13.2. The maximum absolute atomic E-state index is 13.0. The predicted octanol–water partition coefficient (Wildman–Crippen LogP) is 4.73. The lowest BCUT2D eigenvalue weighted by Crippen LogP contribution is -2.44. The van der Waals surface area contributed by atoms with E-state index in [9.17, 15) is 18.0 Å². The van der Waals surface area contributed by atoms with Crippen molar-refractivity contribution in [3.8, 4) is 0 Å². The van der Waals surface area contributed by atoms with E-state index in [1.54, 1.807) is 24.3 Å². The summed E-state index contributed by atoms with van der Waals surface area (Å²) < 4.78 is 26.8. The molecule has 0 bridgehead atoms. The van der Waals surface area contributed by atoms with Crippen LogP contribution < -0.4 is 5.32 Å². The van der Waals surface area contributed by atoms with Gasteiger partial charge in [0, 0.05) is 23.7 Å². The summed E-state index contributed by atoms with van der Waals surface area (Å²) in [6, 6.07) is 10.4. The van der Waals surface area contributed by atoms with Crippen molar-refractivity contribution in [2.45, 2.75) is 43.5 Å². The number of carbonyl (C=O) groups excluding carboxylic acids is 2. The Labute approximate surface area is 198 Å². The van der Waals surface area contributed by atoms with Gasteiger partial charge in [-0.25, -0.2) is 17.5 Å². The average Bonchev–Trinajstić information content (AvgIpc) is 2.82. The van der Waals surface area contributed by atoms with Crippen LogP contribution in [0.1, 0.15) is 48.0 Å². The minimum absolute atomic E-state index is 0.0116. The van der Waals surface area contributed by atoms with Crippen molar-refractivity contribution in [1.29, 1.82) is 0 Å². The summed E-state index contributed by atoms with van der Waals surface area (Å²) in [5.41, 5.74) is 1.40. The molecule has 2 aromatic rings. The first-order chi connectivity index (χ1) is 15.8. The van der Waals surface area contributed by atoms with E-state index < -0.39 is 16.1 Å². The number of hydrogen-bond acceptors (Lipinski definition) is 4. The van der Waals surface area contributed by atoms with Crippen molar-refractivity contribution in [2.75, 3.05) is 18.4 Å². The Kier molecular flexibility index (Phi) is 5.82. The number of sulfonamides is 1. The number of rotatable bonds is 3. The summed E-state index contributed by atoms with van der Waals surface area (Å²) in [7, 11) is -4.05. The van der Waals surface area contributed by atoms with E-state index in [2.05, 4.69) is 5.32 Å². The number of urea groups is 1. The van der Waals surface area contributed by atoms with Gasteiger partial charge in [0.25, 0.3) is 15.9 Å². The van der Waals surface area contributed by atoms with Crippen LogP contribution >= 0.6 is 11.6 Å². The summed E-state index contributed by atoms with van der Waals surface area (Å²) in [5, 5.41) is 2.87. The molecule has 1 N–H and O–H groups in total. The summed E-state index contributed by atoms with van der Waals surface area (Å²) in [5.74, 6) is 1.37. The molecule has 1 saturated carbocycles. The molecule has 0 spiro atoms. The smallest absolute Gasteiger partial charge is 0.336 e. The first-order valence-electron chi connectivity index (χ1n) is 11.3. The SMILES string of the molecule is O=C(c1ccc(CN2C(=O)Nc3ccc(Cl)cc3S2(=O)=O)cc1)N1CCC2CCCCC2C1. The van der Waals surface area contributed by atoms with Gasteiger partial charge in [-0.05, 0) is 60.6 Å². The molecule has 2 heterocycles. The Morgan fingerprint density at radius 3 is 2.52 bits per heavy atom. The van der Waals surface area contributed by atoms with Crippen LogP contribution in [0, 0.1) is 11.8 Å². The lowest BCUT2D eigenvalue weighted by molar-refractivity contribution is 0.0521. The zero-order valence-corrected chi connectivity index (χ0v) is 19.7. The number of benzene rings is 2. The van der Waals surface area contributed by atoms with E-state index in [-0.39, 0.29) is 28.1 Å². The van der Waals surface area contributed by atoms with Crippen LogP contribution in [-0.4, -0.2) is 42.7 Å². The molecule has 1 saturated heterocycles. The highest BCUT2D eigenvalue weighted by Gasteiger charge is 2.37. The van der Waals surface area contributed by atoms with Crippen LogP contribution in [0.4, 0.5) is 10.5 Å². The van der Waals surface area contributed by atoms with Crippen LogP contribution in [0.2, 0.25) is 5.02 Å². The lowest BCUT2D eigenvalue weighted by Gasteiger charge is -2.41. The molecule has 2 aliphatic heterocycles. The standard InChI is InChI=1S/C24H26ClN3O4S/c25-20-9-10-21-22(13-20)33(31,32)28(24(30)26-21)14-16-5-7-18(8-6-16)23(29)27-12-11-17-3-1-2-4-19(17)15-27/h5-10,13,17,19H,1-4,11-12,14-15H2,(H,26,30). The Morgan fingerprint density at radius 1 is 1.03 bits per heavy atom. The summed E-state index contributed by atoms with van der Waals surface area (Å²) >= 11 is 5.97. The number of fused-ring (bicyclic) bond motifs is 2. The Morgan fingerprint density at radius 2 is 1.76 bits per heavy atom. The van der Waals surface area contributed by atoms with Gasteiger partial charge in [0.1, 0.15) is 4.90 Å². The van der Waals surface area contributed by atoms with E-state index in [0.717, 1.165) is 29.7 Å². The van der Waals surface area contributed by atoms with E-state index in [1.807, 2.05) is 4.90 Å². The maximum atomic E-state index is 13.0. The van der Waals surface area contributed by atoms with Gasteiger partial charge in [0.05, 0.1) is 12.2 Å². The fourth-order valence-electron chi connectivity index (χ4n) is 5.26. The van der Waals surface area contributed by atoms with Crippen molar-refractivity contribution < 1.29 is 18.0 Å². The van der Waals surface area contributed by atoms with Crippen molar-refractivity contribution in [3.05, 3.63) is 58.6 Å². The van der Waals surface area contributed by atoms with Gasteiger partial charge >= 0.3 is 6.03 Å². The third-order valence-electron chi connectivity index (χ3n) is 7.09. The largest absolute Gasteiger partial charge is 0.338 e. The van der Waals surface area contributed by atoms with E-state index >= 15 is 0 Å². The van der Waals surface area contributed by atoms with Crippen molar-refractivity contribution in [1.82, 2.24) is 9.21 Å². The van der Waals surface area contributed by atoms with Gasteiger partial charge in [-0.3, -0.25) is 4.79 Å². The highest BCUT2D eigenvalue weighted by molar-refractivity contribution is 7.90. The second-order valence-corrected chi connectivity index (χ2v) is 11.4. The summed E-state index contributed by atoms with van der Waals surface area (Å²) in [6.07, 6.45) is 6.11. The van der Waals surface area contributed by atoms with E-state index in [0.29, 0.717) is 17.0 Å². The zero-order chi connectivity index (χ0) is 23.2. The highest BCUT2D eigenvalue weighted by Crippen LogP contribution is 2.36. The number of amides is 3. The lowest BCUT2D eigenvalue weighted by atomic mass is 9.75. The fraction of sp³-hybridized carbons (Fsp3) is 0.417. The quantitative estimate of drug-likeness (QED) is 0.678. The van der Waals surface area contributed by atoms with Gasteiger partial charge in [0.2, 0.25) is 0 Å². The Bertz CT molecular complexity index is 1200. The molecular formula is C24H26ClN3O4S. The van der Waals surface area contributed by atoms with Gasteiger partial charge in [-0.15, -0.1) is 0 Å². The fourth-order valence-corrected chi connectivity index (χ4v) is 6.99. The molecule has 9 heteroatoms. The van der Waals surface area contributed by atoms with Crippen LogP contribution in [-0.2, 0) is 16.6 Å². The highest BCUT2D eigenvalue weighted by atomic mass is 35.5. The van der Waals surface area contributed by atoms with Crippen molar-refractivity contribution in [3.63, 3.8) is 0 Å². The Hall–Kier alpha value is -2.58. The van der Waals surface area contributed by atoms with Gasteiger partial charge in [0.15, 0.2) is 0 Å². The number of nitrogens with one attached hydrogen (secondary N) is 1. The monoisotopic (exact) mass is 487 g/mol. The van der Waals surface area contributed by atoms with Crippen LogP contribution in [0.5, 0.6) is 0 Å². The number of nitrogens with zero attached hydrogens (tertiary/aromatic N) is 2. The molecule has 0 radical (unpaired) electrons. The average molecular weight is 488 g/mol. The molecule has 3 amide bonds. The first kappa shape index (κ1) is 22.2. The van der Waals surface area contributed by atoms with Gasteiger partial charge < -0.3 is 10.2 Å².